The normalized spacial score (nSPS) is 18.0. The number of benzene rings is 1. The van der Waals surface area contributed by atoms with Gasteiger partial charge in [0.15, 0.2) is 0 Å². The van der Waals surface area contributed by atoms with Crippen molar-refractivity contribution >= 4 is 30.1 Å². The van der Waals surface area contributed by atoms with Gasteiger partial charge in [0.2, 0.25) is 17.7 Å². The number of carbonyl (C=O) groups is 3. The average Bonchev–Trinajstić information content (AvgIpc) is 2.53. The third kappa shape index (κ3) is 5.68. The number of piperazine rings is 1. The summed E-state index contributed by atoms with van der Waals surface area (Å²) in [5.41, 5.74) is 5.91. The maximum Gasteiger partial charge on any atom is 0.240 e. The molecule has 4 N–H and O–H groups in total. The summed E-state index contributed by atoms with van der Waals surface area (Å²) < 4.78 is 13.5. The molecule has 1 fully saturated rings. The first kappa shape index (κ1) is 20.9. The smallest absolute Gasteiger partial charge is 0.240 e. The zero-order valence-corrected chi connectivity index (χ0v) is 14.6. The fraction of sp³-hybridized carbons (Fsp3) is 0.438. The number of nitrogens with zero attached hydrogens (tertiary/aromatic N) is 1. The van der Waals surface area contributed by atoms with Crippen LogP contribution < -0.4 is 16.4 Å². The first-order valence-corrected chi connectivity index (χ1v) is 7.70. The third-order valence-corrected chi connectivity index (χ3v) is 3.90. The van der Waals surface area contributed by atoms with Crippen molar-refractivity contribution in [3.05, 3.63) is 35.6 Å². The van der Waals surface area contributed by atoms with Crippen molar-refractivity contribution in [1.82, 2.24) is 15.5 Å². The Morgan fingerprint density at radius 1 is 1.44 bits per heavy atom. The van der Waals surface area contributed by atoms with Crippen LogP contribution in [-0.2, 0) is 14.4 Å². The summed E-state index contributed by atoms with van der Waals surface area (Å²) >= 11 is 0. The molecule has 0 aromatic heterocycles. The van der Waals surface area contributed by atoms with E-state index in [1.807, 2.05) is 0 Å². The second-order valence-electron chi connectivity index (χ2n) is 5.72. The Kier molecular flexibility index (Phi) is 7.79. The van der Waals surface area contributed by atoms with E-state index in [9.17, 15) is 18.8 Å². The van der Waals surface area contributed by atoms with E-state index in [4.69, 9.17) is 5.73 Å². The number of carbonyl (C=O) groups excluding carboxylic acids is 3. The van der Waals surface area contributed by atoms with Crippen molar-refractivity contribution in [2.75, 3.05) is 19.6 Å². The van der Waals surface area contributed by atoms with Crippen LogP contribution in [0.3, 0.4) is 0 Å². The van der Waals surface area contributed by atoms with Gasteiger partial charge in [-0.1, -0.05) is 12.1 Å². The second-order valence-corrected chi connectivity index (χ2v) is 5.72. The lowest BCUT2D eigenvalue weighted by Crippen LogP contribution is -2.52. The predicted molar refractivity (Wildman–Crippen MR) is 92.4 cm³/mol. The van der Waals surface area contributed by atoms with Gasteiger partial charge in [0.25, 0.3) is 0 Å². The minimum atomic E-state index is -1.06. The van der Waals surface area contributed by atoms with Crippen molar-refractivity contribution in [2.24, 2.45) is 5.73 Å². The number of nitrogens with two attached hydrogens (primary N) is 1. The van der Waals surface area contributed by atoms with Gasteiger partial charge in [-0.25, -0.2) is 4.39 Å². The highest BCUT2D eigenvalue weighted by atomic mass is 35.5. The SMILES string of the molecule is CC(=O)N[C@@H](CC(=O)N1CCNCC1c1cccc(F)c1)C(N)=O.Cl. The molecule has 1 aliphatic heterocycles. The molecule has 1 heterocycles. The fourth-order valence-electron chi connectivity index (χ4n) is 2.77. The van der Waals surface area contributed by atoms with Gasteiger partial charge < -0.3 is 21.3 Å². The van der Waals surface area contributed by atoms with Crippen LogP contribution in [0.25, 0.3) is 0 Å². The first-order valence-electron chi connectivity index (χ1n) is 7.70. The highest BCUT2D eigenvalue weighted by Crippen LogP contribution is 2.23. The van der Waals surface area contributed by atoms with Crippen molar-refractivity contribution in [2.45, 2.75) is 25.4 Å². The lowest BCUT2D eigenvalue weighted by molar-refractivity contribution is -0.137. The Balaban J connectivity index is 0.00000312. The molecule has 9 heteroatoms. The summed E-state index contributed by atoms with van der Waals surface area (Å²) in [6, 6.07) is 4.67. The molecule has 138 valence electrons. The number of primary amides is 1. The topological polar surface area (TPSA) is 105 Å². The van der Waals surface area contributed by atoms with E-state index in [-0.39, 0.29) is 36.6 Å². The van der Waals surface area contributed by atoms with E-state index in [1.54, 1.807) is 17.0 Å². The van der Waals surface area contributed by atoms with Crippen LogP contribution in [0, 0.1) is 5.82 Å². The molecule has 3 amide bonds. The van der Waals surface area contributed by atoms with Gasteiger partial charge in [0.05, 0.1) is 12.5 Å². The summed E-state index contributed by atoms with van der Waals surface area (Å²) in [5.74, 6) is -1.90. The van der Waals surface area contributed by atoms with Crippen molar-refractivity contribution in [3.63, 3.8) is 0 Å². The molecule has 1 aliphatic rings. The number of nitrogens with one attached hydrogen (secondary N) is 2. The lowest BCUT2D eigenvalue weighted by Gasteiger charge is -2.37. The number of amides is 3. The molecule has 2 atom stereocenters. The molecule has 25 heavy (non-hydrogen) atoms. The van der Waals surface area contributed by atoms with Crippen molar-refractivity contribution in [3.8, 4) is 0 Å². The van der Waals surface area contributed by atoms with Crippen LogP contribution in [0.5, 0.6) is 0 Å². The van der Waals surface area contributed by atoms with Gasteiger partial charge in [0.1, 0.15) is 11.9 Å². The monoisotopic (exact) mass is 372 g/mol. The molecule has 0 spiro atoms. The number of rotatable bonds is 5. The van der Waals surface area contributed by atoms with Gasteiger partial charge in [-0.15, -0.1) is 12.4 Å². The van der Waals surface area contributed by atoms with E-state index in [1.165, 1.54) is 19.1 Å². The number of hydrogen-bond donors (Lipinski definition) is 3. The maximum absolute atomic E-state index is 13.5. The summed E-state index contributed by atoms with van der Waals surface area (Å²) in [4.78, 5) is 36.8. The molecule has 0 radical (unpaired) electrons. The van der Waals surface area contributed by atoms with Crippen LogP contribution in [0.2, 0.25) is 0 Å². The van der Waals surface area contributed by atoms with E-state index in [0.717, 1.165) is 0 Å². The van der Waals surface area contributed by atoms with Crippen LogP contribution >= 0.6 is 12.4 Å². The van der Waals surface area contributed by atoms with Gasteiger partial charge in [-0.3, -0.25) is 14.4 Å². The molecule has 7 nitrogen and oxygen atoms in total. The van der Waals surface area contributed by atoms with Gasteiger partial charge in [-0.2, -0.15) is 0 Å². The quantitative estimate of drug-likeness (QED) is 0.681. The zero-order valence-electron chi connectivity index (χ0n) is 13.8. The fourth-order valence-corrected chi connectivity index (χ4v) is 2.77. The summed E-state index contributed by atoms with van der Waals surface area (Å²) in [5, 5.41) is 5.54. The van der Waals surface area contributed by atoms with Crippen LogP contribution in [0.1, 0.15) is 24.9 Å². The number of halogens is 2. The Labute approximate surface area is 151 Å². The highest BCUT2D eigenvalue weighted by molar-refractivity contribution is 5.90. The highest BCUT2D eigenvalue weighted by Gasteiger charge is 2.31. The summed E-state index contributed by atoms with van der Waals surface area (Å²) in [6.07, 6.45) is -0.221. The molecule has 1 aromatic carbocycles. The van der Waals surface area contributed by atoms with E-state index in [2.05, 4.69) is 10.6 Å². The Hall–Kier alpha value is -2.19. The molecular formula is C16H22ClFN4O3. The molecule has 1 aromatic rings. The zero-order chi connectivity index (χ0) is 17.7. The Bertz CT molecular complexity index is 644. The summed E-state index contributed by atoms with van der Waals surface area (Å²) in [7, 11) is 0. The van der Waals surface area contributed by atoms with E-state index >= 15 is 0 Å². The second kappa shape index (κ2) is 9.33. The molecule has 2 rings (SSSR count). The van der Waals surface area contributed by atoms with E-state index in [0.29, 0.717) is 25.2 Å². The molecule has 1 saturated heterocycles. The largest absolute Gasteiger partial charge is 0.368 e. The first-order chi connectivity index (χ1) is 11.4. The van der Waals surface area contributed by atoms with Gasteiger partial charge in [0, 0.05) is 26.6 Å². The standard InChI is InChI=1S/C16H21FN4O3.ClH/c1-10(22)20-13(16(18)24)8-15(23)21-6-5-19-9-14(21)11-3-2-4-12(17)7-11;/h2-4,7,13-14,19H,5-6,8-9H2,1H3,(H2,18,24)(H,20,22);1H/t13-,14?;/m0./s1. The van der Waals surface area contributed by atoms with Gasteiger partial charge >= 0.3 is 0 Å². The molecule has 0 saturated carbocycles. The van der Waals surface area contributed by atoms with Crippen molar-refractivity contribution < 1.29 is 18.8 Å². The molecule has 1 unspecified atom stereocenters. The van der Waals surface area contributed by atoms with E-state index < -0.39 is 17.9 Å². The number of hydrogen-bond acceptors (Lipinski definition) is 4. The van der Waals surface area contributed by atoms with Crippen LogP contribution in [-0.4, -0.2) is 48.3 Å². The predicted octanol–water partition coefficient (Wildman–Crippen LogP) is 0.101. The summed E-state index contributed by atoms with van der Waals surface area (Å²) in [6.45, 7) is 2.75. The molecular weight excluding hydrogens is 351 g/mol. The molecule has 0 aliphatic carbocycles. The minimum absolute atomic E-state index is 0. The van der Waals surface area contributed by atoms with Crippen molar-refractivity contribution in [1.29, 1.82) is 0 Å². The Morgan fingerprint density at radius 3 is 2.76 bits per heavy atom. The van der Waals surface area contributed by atoms with Crippen LogP contribution in [0.15, 0.2) is 24.3 Å². The lowest BCUT2D eigenvalue weighted by atomic mass is 10.0. The molecule has 0 bridgehead atoms. The minimum Gasteiger partial charge on any atom is -0.368 e. The van der Waals surface area contributed by atoms with Gasteiger partial charge in [-0.05, 0) is 17.7 Å². The maximum atomic E-state index is 13.5. The Morgan fingerprint density at radius 2 is 2.16 bits per heavy atom. The van der Waals surface area contributed by atoms with Crippen LogP contribution in [0.4, 0.5) is 4.39 Å². The average molecular weight is 373 g/mol. The third-order valence-electron chi connectivity index (χ3n) is 3.90.